The molecule has 0 aliphatic carbocycles. The third kappa shape index (κ3) is 91.1. The molecular formula is C100H196O8. The molecule has 0 aromatic rings. The highest BCUT2D eigenvalue weighted by atomic mass is 16.5. The lowest BCUT2D eigenvalue weighted by molar-refractivity contribution is -0.151. The van der Waals surface area contributed by atoms with Crippen molar-refractivity contribution in [2.75, 3.05) is 13.2 Å². The average molecular weight is 1530 g/mol. The van der Waals surface area contributed by atoms with Gasteiger partial charge in [0.1, 0.15) is 0 Å². The molecule has 8 nitrogen and oxygen atoms in total. The predicted molar refractivity (Wildman–Crippen MR) is 473 cm³/mol. The second kappa shape index (κ2) is 95.5. The van der Waals surface area contributed by atoms with Gasteiger partial charge in [0.25, 0.3) is 0 Å². The first kappa shape index (κ1) is 108. The summed E-state index contributed by atoms with van der Waals surface area (Å²) < 4.78 is 10.9. The Morgan fingerprint density at radius 1 is 0.185 bits per heavy atom. The smallest absolute Gasteiger partial charge is 0.309 e. The van der Waals surface area contributed by atoms with Crippen molar-refractivity contribution >= 4 is 23.9 Å². The third-order valence-corrected chi connectivity index (χ3v) is 24.1. The lowest BCUT2D eigenvalue weighted by Gasteiger charge is -2.30. The number of hydrogen-bond acceptors (Lipinski definition) is 6. The van der Waals surface area contributed by atoms with E-state index >= 15 is 0 Å². The maximum Gasteiger partial charge on any atom is 0.309 e. The van der Waals surface area contributed by atoms with Crippen LogP contribution < -0.4 is 0 Å². The van der Waals surface area contributed by atoms with Gasteiger partial charge >= 0.3 is 23.9 Å². The summed E-state index contributed by atoms with van der Waals surface area (Å²) in [6, 6.07) is 0. The molecule has 0 spiro atoms. The van der Waals surface area contributed by atoms with Crippen LogP contribution in [0.25, 0.3) is 0 Å². The van der Waals surface area contributed by atoms with Crippen LogP contribution >= 0.6 is 0 Å². The molecule has 108 heavy (non-hydrogen) atoms. The summed E-state index contributed by atoms with van der Waals surface area (Å²) in [6.07, 6.45) is 113. The van der Waals surface area contributed by atoms with Crippen molar-refractivity contribution < 1.29 is 38.9 Å². The summed E-state index contributed by atoms with van der Waals surface area (Å²) in [5, 5.41) is 19.5. The topological polar surface area (TPSA) is 127 Å². The van der Waals surface area contributed by atoms with Crippen LogP contribution in [0.3, 0.4) is 0 Å². The SMILES string of the molecule is CCCCCCCCCCCCCCCCCCCCC(CCCCCCCCCCCCCCCCCCCC)(CCCCCCCC(=O)O)C(=O)O.CCCCCCCCCCCCCCCCCCCCOC(=O)CCCCCCCCC(=O)OCCCCCCCCCCCCCCCCCCCC. The molecule has 0 aliphatic heterocycles. The number of carboxylic acids is 2. The fraction of sp³-hybridized carbons (Fsp3) is 0.960. The molecule has 0 fully saturated rings. The highest BCUT2D eigenvalue weighted by Gasteiger charge is 2.36. The van der Waals surface area contributed by atoms with Crippen LogP contribution in [-0.4, -0.2) is 47.3 Å². The molecular weight excluding hydrogens is 1330 g/mol. The van der Waals surface area contributed by atoms with Crippen molar-refractivity contribution in [3.05, 3.63) is 0 Å². The molecule has 0 saturated heterocycles. The molecule has 0 aromatic heterocycles. The van der Waals surface area contributed by atoms with Gasteiger partial charge in [-0.05, 0) is 51.4 Å². The van der Waals surface area contributed by atoms with Crippen LogP contribution in [0.2, 0.25) is 0 Å². The minimum Gasteiger partial charge on any atom is -0.481 e. The van der Waals surface area contributed by atoms with Gasteiger partial charge in [-0.3, -0.25) is 19.2 Å². The molecule has 0 amide bonds. The van der Waals surface area contributed by atoms with Gasteiger partial charge in [0.15, 0.2) is 0 Å². The van der Waals surface area contributed by atoms with Crippen molar-refractivity contribution in [3.63, 3.8) is 0 Å². The second-order valence-corrected chi connectivity index (χ2v) is 34.9. The Kier molecular flexibility index (Phi) is 95.4. The molecule has 0 aliphatic rings. The Morgan fingerprint density at radius 3 is 0.481 bits per heavy atom. The maximum atomic E-state index is 12.8. The van der Waals surface area contributed by atoms with E-state index in [-0.39, 0.29) is 18.4 Å². The van der Waals surface area contributed by atoms with Crippen LogP contribution in [-0.2, 0) is 28.7 Å². The molecule has 0 radical (unpaired) electrons. The fourth-order valence-electron chi connectivity index (χ4n) is 16.5. The standard InChI is InChI=1S/2C50H98O4/c1-3-5-7-9-11-13-15-17-19-21-23-25-27-29-31-35-39-43-47-53-49(51)45-41-37-33-34-38-42-46-50(52)54-48-44-40-36-32-30-28-26-24-22-20-18-16-14-12-10-8-6-4-2;1-3-5-7-9-11-13-15-17-19-21-23-25-27-29-31-33-37-41-45-50(49(53)54,47-43-39-35-36-40-44-48(51)52)46-42-38-34-32-30-28-26-24-22-20-18-16-14-12-10-8-6-4-2/h3-48H2,1-2H3;3-47H2,1-2H3,(H,51,52)(H,53,54). The Bertz CT molecular complexity index is 1630. The number of unbranched alkanes of at least 4 members (excludes halogenated alkanes) is 77. The van der Waals surface area contributed by atoms with E-state index in [2.05, 4.69) is 27.7 Å². The van der Waals surface area contributed by atoms with Crippen LogP contribution in [0.4, 0.5) is 0 Å². The van der Waals surface area contributed by atoms with Gasteiger partial charge in [0.05, 0.1) is 18.6 Å². The number of hydrogen-bond donors (Lipinski definition) is 2. The number of carboxylic acid groups (broad SMARTS) is 2. The largest absolute Gasteiger partial charge is 0.481 e. The molecule has 644 valence electrons. The molecule has 0 heterocycles. The minimum atomic E-state index is -0.714. The molecule has 0 rings (SSSR count). The summed E-state index contributed by atoms with van der Waals surface area (Å²) in [6.45, 7) is 10.3. The summed E-state index contributed by atoms with van der Waals surface area (Å²) in [5.41, 5.74) is -0.564. The number of ether oxygens (including phenoxy) is 2. The summed E-state index contributed by atoms with van der Waals surface area (Å²) >= 11 is 0. The van der Waals surface area contributed by atoms with Gasteiger partial charge in [0.2, 0.25) is 0 Å². The van der Waals surface area contributed by atoms with Crippen LogP contribution in [0, 0.1) is 5.41 Å². The second-order valence-electron chi connectivity index (χ2n) is 34.9. The van der Waals surface area contributed by atoms with Gasteiger partial charge in [-0.2, -0.15) is 0 Å². The highest BCUT2D eigenvalue weighted by Crippen LogP contribution is 2.38. The van der Waals surface area contributed by atoms with E-state index in [9.17, 15) is 24.3 Å². The first-order chi connectivity index (χ1) is 53.2. The third-order valence-electron chi connectivity index (χ3n) is 24.1. The lowest BCUT2D eigenvalue weighted by Crippen LogP contribution is -2.31. The predicted octanol–water partition coefficient (Wildman–Crippen LogP) is 35.0. The molecule has 0 unspecified atom stereocenters. The van der Waals surface area contributed by atoms with Gasteiger partial charge < -0.3 is 19.7 Å². The number of aliphatic carboxylic acids is 2. The van der Waals surface area contributed by atoms with Crippen LogP contribution in [0.15, 0.2) is 0 Å². The van der Waals surface area contributed by atoms with Crippen molar-refractivity contribution in [3.8, 4) is 0 Å². The zero-order valence-corrected chi connectivity index (χ0v) is 74.2. The van der Waals surface area contributed by atoms with E-state index in [1.807, 2.05) is 0 Å². The molecule has 8 heteroatoms. The highest BCUT2D eigenvalue weighted by molar-refractivity contribution is 5.74. The minimum absolute atomic E-state index is 0.0282. The van der Waals surface area contributed by atoms with Gasteiger partial charge in [-0.1, -0.05) is 529 Å². The van der Waals surface area contributed by atoms with Crippen molar-refractivity contribution in [2.24, 2.45) is 5.41 Å². The Labute approximate surface area is 676 Å². The fourth-order valence-corrected chi connectivity index (χ4v) is 16.5. The van der Waals surface area contributed by atoms with E-state index < -0.39 is 17.4 Å². The van der Waals surface area contributed by atoms with Crippen LogP contribution in [0.5, 0.6) is 0 Å². The van der Waals surface area contributed by atoms with E-state index in [1.165, 1.54) is 437 Å². The monoisotopic (exact) mass is 1530 g/mol. The number of carbonyl (C=O) groups is 4. The van der Waals surface area contributed by atoms with E-state index in [4.69, 9.17) is 14.6 Å². The molecule has 0 atom stereocenters. The Hall–Kier alpha value is -2.12. The lowest BCUT2D eigenvalue weighted by atomic mass is 9.74. The maximum absolute atomic E-state index is 12.8. The molecule has 0 saturated carbocycles. The zero-order valence-electron chi connectivity index (χ0n) is 74.2. The van der Waals surface area contributed by atoms with Crippen molar-refractivity contribution in [2.45, 2.75) is 599 Å². The summed E-state index contributed by atoms with van der Waals surface area (Å²) in [5.74, 6) is -1.33. The van der Waals surface area contributed by atoms with Gasteiger partial charge in [0, 0.05) is 19.3 Å². The number of carbonyl (C=O) groups excluding carboxylic acids is 2. The average Bonchev–Trinajstić information content (AvgIpc) is 0.848. The van der Waals surface area contributed by atoms with Crippen molar-refractivity contribution in [1.29, 1.82) is 0 Å². The molecule has 2 N–H and O–H groups in total. The van der Waals surface area contributed by atoms with Gasteiger partial charge in [-0.25, -0.2) is 0 Å². The Morgan fingerprint density at radius 2 is 0.324 bits per heavy atom. The number of rotatable bonds is 94. The van der Waals surface area contributed by atoms with E-state index in [0.717, 1.165) is 116 Å². The van der Waals surface area contributed by atoms with Crippen molar-refractivity contribution in [1.82, 2.24) is 0 Å². The summed E-state index contributed by atoms with van der Waals surface area (Å²) in [4.78, 5) is 47.7. The first-order valence-corrected chi connectivity index (χ1v) is 49.9. The van der Waals surface area contributed by atoms with E-state index in [1.54, 1.807) is 0 Å². The molecule has 0 bridgehead atoms. The number of esters is 2. The molecule has 0 aromatic carbocycles. The quantitative estimate of drug-likeness (QED) is 0.0455. The Balaban J connectivity index is 0. The van der Waals surface area contributed by atoms with Crippen LogP contribution in [0.1, 0.15) is 599 Å². The first-order valence-electron chi connectivity index (χ1n) is 49.9. The van der Waals surface area contributed by atoms with Gasteiger partial charge in [-0.15, -0.1) is 0 Å². The van der Waals surface area contributed by atoms with E-state index in [0.29, 0.717) is 26.1 Å². The zero-order chi connectivity index (χ0) is 78.6. The summed E-state index contributed by atoms with van der Waals surface area (Å²) in [7, 11) is 0. The normalized spacial score (nSPS) is 11.6.